The lowest BCUT2D eigenvalue weighted by Gasteiger charge is -2.19. The number of nitrogens with zero attached hydrogens (tertiary/aromatic N) is 3. The van der Waals surface area contributed by atoms with Crippen molar-refractivity contribution in [3.05, 3.63) is 82.9 Å². The Kier molecular flexibility index (Phi) is 9.39. The Hall–Kier alpha value is -3.95. The number of fused-ring (bicyclic) bond motifs is 1. The van der Waals surface area contributed by atoms with Crippen LogP contribution in [0.25, 0.3) is 10.2 Å². The van der Waals surface area contributed by atoms with Crippen molar-refractivity contribution in [1.82, 2.24) is 15.3 Å². The molecule has 0 aliphatic carbocycles. The number of phenolic OH excluding ortho intramolecular Hbond substituents is 1. The van der Waals surface area contributed by atoms with E-state index in [-0.39, 0.29) is 11.2 Å². The highest BCUT2D eigenvalue weighted by molar-refractivity contribution is 7.22. The highest BCUT2D eigenvalue weighted by Gasteiger charge is 2.13. The molecule has 1 heterocycles. The van der Waals surface area contributed by atoms with Crippen LogP contribution in [-0.4, -0.2) is 40.3 Å². The normalized spacial score (nSPS) is 11.8. The molecule has 0 bridgehead atoms. The van der Waals surface area contributed by atoms with Gasteiger partial charge in [-0.15, -0.1) is 0 Å². The summed E-state index contributed by atoms with van der Waals surface area (Å²) in [7, 11) is 0. The minimum absolute atomic E-state index is 0.00164. The van der Waals surface area contributed by atoms with E-state index < -0.39 is 6.03 Å². The van der Waals surface area contributed by atoms with Crippen LogP contribution in [0.1, 0.15) is 56.9 Å². The molecule has 4 rings (SSSR count). The third-order valence-corrected chi connectivity index (χ3v) is 7.50. The molecular weight excluding hydrogens is 522 g/mol. The summed E-state index contributed by atoms with van der Waals surface area (Å²) in [6.45, 7) is 14.1. The van der Waals surface area contributed by atoms with Gasteiger partial charge in [0.1, 0.15) is 18.1 Å². The molecule has 3 aromatic carbocycles. The number of thiazole rings is 1. The quantitative estimate of drug-likeness (QED) is 0.145. The van der Waals surface area contributed by atoms with Crippen molar-refractivity contribution in [1.29, 1.82) is 0 Å². The van der Waals surface area contributed by atoms with Crippen LogP contribution in [0.2, 0.25) is 0 Å². The molecule has 8 nitrogen and oxygen atoms in total. The van der Waals surface area contributed by atoms with Crippen LogP contribution >= 0.6 is 11.3 Å². The van der Waals surface area contributed by atoms with Crippen molar-refractivity contribution in [3.8, 4) is 11.5 Å². The largest absolute Gasteiger partial charge is 0.507 e. The van der Waals surface area contributed by atoms with Gasteiger partial charge in [-0.1, -0.05) is 76.3 Å². The van der Waals surface area contributed by atoms with Crippen LogP contribution in [0.15, 0.2) is 65.8 Å². The topological polar surface area (TPSA) is 99.1 Å². The van der Waals surface area contributed by atoms with Crippen LogP contribution in [0.4, 0.5) is 9.93 Å². The standard InChI is InChI=1S/C31H37N5O3S/c1-6-36(7-2)19-22-10-15-26-28(16-22)40-30(33-26)34-29(38)35-32-18-23-11-14-25(17-27(23)37)39-20-21-8-12-24(13-9-21)31(3,4)5/h8-18,37H,6-7,19-20H2,1-5H3,(H2,33,34,35,38)/b32-18+. The van der Waals surface area contributed by atoms with E-state index in [0.29, 0.717) is 23.1 Å². The average Bonchev–Trinajstić information content (AvgIpc) is 3.32. The van der Waals surface area contributed by atoms with Gasteiger partial charge < -0.3 is 9.84 Å². The maximum Gasteiger partial charge on any atom is 0.341 e. The first-order valence-corrected chi connectivity index (χ1v) is 14.2. The number of urea groups is 1. The molecule has 1 aromatic heterocycles. The first-order valence-electron chi connectivity index (χ1n) is 13.4. The molecule has 9 heteroatoms. The number of anilines is 1. The summed E-state index contributed by atoms with van der Waals surface area (Å²) in [4.78, 5) is 19.2. The van der Waals surface area contributed by atoms with Crippen molar-refractivity contribution >= 4 is 38.9 Å². The molecule has 210 valence electrons. The minimum Gasteiger partial charge on any atom is -0.507 e. The fourth-order valence-corrected chi connectivity index (χ4v) is 5.03. The molecule has 0 saturated heterocycles. The monoisotopic (exact) mass is 559 g/mol. The van der Waals surface area contributed by atoms with Crippen molar-refractivity contribution in [3.63, 3.8) is 0 Å². The molecule has 0 fully saturated rings. The second-order valence-electron chi connectivity index (χ2n) is 10.6. The predicted octanol–water partition coefficient (Wildman–Crippen LogP) is 6.88. The second kappa shape index (κ2) is 12.9. The number of phenols is 1. The number of nitrogens with one attached hydrogen (secondary N) is 2. The highest BCUT2D eigenvalue weighted by atomic mass is 32.1. The molecule has 0 radical (unpaired) electrons. The molecule has 40 heavy (non-hydrogen) atoms. The van der Waals surface area contributed by atoms with Crippen molar-refractivity contribution in [2.45, 2.75) is 53.2 Å². The fraction of sp³-hybridized carbons (Fsp3) is 0.323. The molecule has 3 N–H and O–H groups in total. The molecule has 0 spiro atoms. The number of rotatable bonds is 10. The number of aromatic nitrogens is 1. The predicted molar refractivity (Wildman–Crippen MR) is 164 cm³/mol. The van der Waals surface area contributed by atoms with E-state index in [1.165, 1.54) is 34.7 Å². The van der Waals surface area contributed by atoms with E-state index in [1.54, 1.807) is 12.1 Å². The number of carbonyl (C=O) groups excluding carboxylic acids is 1. The van der Waals surface area contributed by atoms with Gasteiger partial charge in [0.25, 0.3) is 0 Å². The van der Waals surface area contributed by atoms with Crippen LogP contribution in [0.5, 0.6) is 11.5 Å². The van der Waals surface area contributed by atoms with Gasteiger partial charge >= 0.3 is 6.03 Å². The molecule has 0 aliphatic heterocycles. The van der Waals surface area contributed by atoms with E-state index in [9.17, 15) is 9.90 Å². The maximum absolute atomic E-state index is 12.3. The SMILES string of the molecule is CCN(CC)Cc1ccc2nc(NC(=O)N/N=C/c3ccc(OCc4ccc(C(C)(C)C)cc4)cc3O)sc2c1. The van der Waals surface area contributed by atoms with E-state index in [2.05, 4.69) is 96.7 Å². The van der Waals surface area contributed by atoms with E-state index >= 15 is 0 Å². The Morgan fingerprint density at radius 3 is 2.45 bits per heavy atom. The fourth-order valence-electron chi connectivity index (χ4n) is 4.10. The Labute approximate surface area is 239 Å². The number of hydrogen-bond acceptors (Lipinski definition) is 7. The van der Waals surface area contributed by atoms with Crippen LogP contribution in [-0.2, 0) is 18.6 Å². The Morgan fingerprint density at radius 1 is 1.05 bits per heavy atom. The third-order valence-electron chi connectivity index (χ3n) is 6.57. The minimum atomic E-state index is -0.518. The lowest BCUT2D eigenvalue weighted by atomic mass is 9.87. The summed E-state index contributed by atoms with van der Waals surface area (Å²) in [6, 6.07) is 18.9. The summed E-state index contributed by atoms with van der Waals surface area (Å²) in [5.74, 6) is 0.537. The van der Waals surface area contributed by atoms with Gasteiger partial charge in [0, 0.05) is 18.2 Å². The molecule has 2 amide bonds. The van der Waals surface area contributed by atoms with Gasteiger partial charge in [0.2, 0.25) is 0 Å². The van der Waals surface area contributed by atoms with E-state index in [0.717, 1.165) is 35.4 Å². The van der Waals surface area contributed by atoms with Gasteiger partial charge in [0.05, 0.1) is 16.4 Å². The first-order chi connectivity index (χ1) is 19.1. The van der Waals surface area contributed by atoms with Gasteiger partial charge in [-0.05, 0) is 59.5 Å². The van der Waals surface area contributed by atoms with Crippen molar-refractivity contribution in [2.75, 3.05) is 18.4 Å². The van der Waals surface area contributed by atoms with Gasteiger partial charge in [-0.25, -0.2) is 15.2 Å². The van der Waals surface area contributed by atoms with Crippen molar-refractivity contribution < 1.29 is 14.6 Å². The number of benzene rings is 3. The molecule has 0 atom stereocenters. The molecular formula is C31H37N5O3S. The molecule has 0 unspecified atom stereocenters. The lowest BCUT2D eigenvalue weighted by Crippen LogP contribution is -2.24. The zero-order valence-corrected chi connectivity index (χ0v) is 24.5. The lowest BCUT2D eigenvalue weighted by molar-refractivity contribution is 0.252. The number of hydrazone groups is 1. The summed E-state index contributed by atoms with van der Waals surface area (Å²) in [5.41, 5.74) is 7.32. The van der Waals surface area contributed by atoms with Gasteiger partial charge in [0.15, 0.2) is 5.13 Å². The summed E-state index contributed by atoms with van der Waals surface area (Å²) in [5, 5.41) is 17.6. The van der Waals surface area contributed by atoms with E-state index in [4.69, 9.17) is 4.74 Å². The summed E-state index contributed by atoms with van der Waals surface area (Å²) >= 11 is 1.41. The van der Waals surface area contributed by atoms with Gasteiger partial charge in [-0.3, -0.25) is 10.2 Å². The van der Waals surface area contributed by atoms with Crippen molar-refractivity contribution in [2.24, 2.45) is 5.10 Å². The second-order valence-corrected chi connectivity index (χ2v) is 11.6. The van der Waals surface area contributed by atoms with E-state index in [1.807, 2.05) is 6.07 Å². The number of amides is 2. The maximum atomic E-state index is 12.3. The Bertz CT molecular complexity index is 1470. The van der Waals surface area contributed by atoms with Crippen LogP contribution in [0, 0.1) is 0 Å². The number of carbonyl (C=O) groups is 1. The number of hydrogen-bond donors (Lipinski definition) is 3. The molecule has 4 aromatic rings. The van der Waals surface area contributed by atoms with Gasteiger partial charge in [-0.2, -0.15) is 5.10 Å². The number of aromatic hydroxyl groups is 1. The third kappa shape index (κ3) is 7.80. The smallest absolute Gasteiger partial charge is 0.341 e. The van der Waals surface area contributed by atoms with Crippen LogP contribution < -0.4 is 15.5 Å². The Balaban J connectivity index is 1.28. The average molecular weight is 560 g/mol. The van der Waals surface area contributed by atoms with Crippen LogP contribution in [0.3, 0.4) is 0 Å². The molecule has 0 saturated carbocycles. The molecule has 0 aliphatic rings. The first kappa shape index (κ1) is 29.0. The summed E-state index contributed by atoms with van der Waals surface area (Å²) < 4.78 is 6.84. The summed E-state index contributed by atoms with van der Waals surface area (Å²) in [6.07, 6.45) is 1.38. The number of ether oxygens (including phenoxy) is 1. The Morgan fingerprint density at radius 2 is 1.77 bits per heavy atom. The zero-order chi connectivity index (χ0) is 28.7. The highest BCUT2D eigenvalue weighted by Crippen LogP contribution is 2.28. The zero-order valence-electron chi connectivity index (χ0n) is 23.7.